The topological polar surface area (TPSA) is 68.2 Å². The number of hydrogen-bond acceptors (Lipinski definition) is 5. The van der Waals surface area contributed by atoms with Crippen molar-refractivity contribution < 1.29 is 4.42 Å². The summed E-state index contributed by atoms with van der Waals surface area (Å²) >= 11 is 0. The SMILES string of the molecule is CCCCN(c1nnc(CCN)o1)C(C)CC. The predicted octanol–water partition coefficient (Wildman–Crippen LogP) is 1.98. The molecule has 17 heavy (non-hydrogen) atoms. The molecule has 0 aliphatic carbocycles. The van der Waals surface area contributed by atoms with Gasteiger partial charge in [-0.3, -0.25) is 0 Å². The van der Waals surface area contributed by atoms with Crippen LogP contribution in [0.1, 0.15) is 45.9 Å². The van der Waals surface area contributed by atoms with Gasteiger partial charge in [0.2, 0.25) is 5.89 Å². The molecule has 1 aromatic rings. The van der Waals surface area contributed by atoms with Crippen LogP contribution >= 0.6 is 0 Å². The summed E-state index contributed by atoms with van der Waals surface area (Å²) in [4.78, 5) is 2.19. The summed E-state index contributed by atoms with van der Waals surface area (Å²) in [6.07, 6.45) is 4.02. The lowest BCUT2D eigenvalue weighted by Gasteiger charge is -2.26. The fourth-order valence-electron chi connectivity index (χ4n) is 1.64. The minimum absolute atomic E-state index is 0.424. The normalized spacial score (nSPS) is 12.7. The summed E-state index contributed by atoms with van der Waals surface area (Å²) < 4.78 is 5.63. The van der Waals surface area contributed by atoms with E-state index in [0.29, 0.717) is 30.9 Å². The fourth-order valence-corrected chi connectivity index (χ4v) is 1.64. The van der Waals surface area contributed by atoms with Crippen molar-refractivity contribution in [2.45, 2.75) is 52.5 Å². The second-order valence-electron chi connectivity index (χ2n) is 4.32. The first kappa shape index (κ1) is 14.0. The zero-order chi connectivity index (χ0) is 12.7. The molecule has 0 aliphatic rings. The number of anilines is 1. The first-order chi connectivity index (χ1) is 8.22. The van der Waals surface area contributed by atoms with Crippen LogP contribution < -0.4 is 10.6 Å². The second kappa shape index (κ2) is 7.27. The van der Waals surface area contributed by atoms with Crippen LogP contribution in [0.2, 0.25) is 0 Å². The molecule has 98 valence electrons. The largest absolute Gasteiger partial charge is 0.408 e. The molecule has 1 heterocycles. The summed E-state index contributed by atoms with van der Waals surface area (Å²) in [6, 6.07) is 1.06. The third kappa shape index (κ3) is 4.00. The Balaban J connectivity index is 2.72. The van der Waals surface area contributed by atoms with E-state index in [0.717, 1.165) is 25.8 Å². The van der Waals surface area contributed by atoms with E-state index in [-0.39, 0.29) is 0 Å². The van der Waals surface area contributed by atoms with Gasteiger partial charge in [0.25, 0.3) is 0 Å². The fraction of sp³-hybridized carbons (Fsp3) is 0.833. The molecule has 5 nitrogen and oxygen atoms in total. The smallest absolute Gasteiger partial charge is 0.318 e. The molecule has 0 aliphatic heterocycles. The molecule has 0 radical (unpaired) electrons. The van der Waals surface area contributed by atoms with Gasteiger partial charge in [-0.05, 0) is 19.8 Å². The van der Waals surface area contributed by atoms with Gasteiger partial charge in [-0.2, -0.15) is 0 Å². The molecule has 0 spiro atoms. The maximum absolute atomic E-state index is 5.63. The van der Waals surface area contributed by atoms with Crippen LogP contribution in [0, 0.1) is 0 Å². The zero-order valence-corrected chi connectivity index (χ0v) is 11.1. The van der Waals surface area contributed by atoms with Gasteiger partial charge in [0.05, 0.1) is 0 Å². The first-order valence-corrected chi connectivity index (χ1v) is 6.52. The van der Waals surface area contributed by atoms with Crippen molar-refractivity contribution in [2.24, 2.45) is 5.73 Å². The van der Waals surface area contributed by atoms with E-state index in [4.69, 9.17) is 10.2 Å². The first-order valence-electron chi connectivity index (χ1n) is 6.52. The number of aromatic nitrogens is 2. The Labute approximate surface area is 103 Å². The molecule has 2 N–H and O–H groups in total. The summed E-state index contributed by atoms with van der Waals surface area (Å²) in [7, 11) is 0. The van der Waals surface area contributed by atoms with Gasteiger partial charge in [0.15, 0.2) is 0 Å². The van der Waals surface area contributed by atoms with E-state index >= 15 is 0 Å². The van der Waals surface area contributed by atoms with Crippen LogP contribution in [0.3, 0.4) is 0 Å². The minimum atomic E-state index is 0.424. The summed E-state index contributed by atoms with van der Waals surface area (Å²) in [6.45, 7) is 8.04. The standard InChI is InChI=1S/C12H24N4O/c1-4-6-9-16(10(3)5-2)12-15-14-11(17-12)7-8-13/h10H,4-9,13H2,1-3H3. The van der Waals surface area contributed by atoms with Crippen LogP contribution in [0.15, 0.2) is 4.42 Å². The van der Waals surface area contributed by atoms with E-state index in [1.165, 1.54) is 0 Å². The van der Waals surface area contributed by atoms with E-state index in [1.54, 1.807) is 0 Å². The molecule has 0 saturated carbocycles. The van der Waals surface area contributed by atoms with Gasteiger partial charge in [0, 0.05) is 25.6 Å². The average Bonchev–Trinajstić information content (AvgIpc) is 2.78. The molecule has 0 aromatic carbocycles. The molecule has 1 rings (SSSR count). The van der Waals surface area contributed by atoms with Gasteiger partial charge in [-0.15, -0.1) is 5.10 Å². The highest BCUT2D eigenvalue weighted by Gasteiger charge is 2.18. The molecule has 5 heteroatoms. The molecule has 0 amide bonds. The lowest BCUT2D eigenvalue weighted by Crippen LogP contribution is -2.33. The van der Waals surface area contributed by atoms with Crippen LogP contribution in [-0.4, -0.2) is 29.3 Å². The van der Waals surface area contributed by atoms with Crippen molar-refractivity contribution in [3.63, 3.8) is 0 Å². The molecule has 0 bridgehead atoms. The van der Waals surface area contributed by atoms with Crippen molar-refractivity contribution in [2.75, 3.05) is 18.0 Å². The molecular formula is C12H24N4O. The molecule has 1 atom stereocenters. The minimum Gasteiger partial charge on any atom is -0.408 e. The maximum Gasteiger partial charge on any atom is 0.318 e. The Morgan fingerprint density at radius 3 is 2.71 bits per heavy atom. The van der Waals surface area contributed by atoms with Gasteiger partial charge >= 0.3 is 6.01 Å². The lowest BCUT2D eigenvalue weighted by atomic mass is 10.2. The van der Waals surface area contributed by atoms with E-state index in [2.05, 4.69) is 35.9 Å². The van der Waals surface area contributed by atoms with Crippen molar-refractivity contribution in [1.29, 1.82) is 0 Å². The van der Waals surface area contributed by atoms with Crippen LogP contribution in [0.4, 0.5) is 6.01 Å². The van der Waals surface area contributed by atoms with E-state index < -0.39 is 0 Å². The molecule has 0 saturated heterocycles. The van der Waals surface area contributed by atoms with Crippen molar-refractivity contribution in [3.05, 3.63) is 5.89 Å². The van der Waals surface area contributed by atoms with Gasteiger partial charge in [-0.25, -0.2) is 0 Å². The number of rotatable bonds is 8. The number of unbranched alkanes of at least 4 members (excludes halogenated alkanes) is 1. The average molecular weight is 240 g/mol. The van der Waals surface area contributed by atoms with E-state index in [1.807, 2.05) is 0 Å². The number of hydrogen-bond donors (Lipinski definition) is 1. The van der Waals surface area contributed by atoms with Crippen molar-refractivity contribution in [1.82, 2.24) is 10.2 Å². The molecule has 1 unspecified atom stereocenters. The lowest BCUT2D eigenvalue weighted by molar-refractivity contribution is 0.458. The summed E-state index contributed by atoms with van der Waals surface area (Å²) in [5.74, 6) is 0.632. The van der Waals surface area contributed by atoms with Gasteiger partial charge in [0.1, 0.15) is 0 Å². The zero-order valence-electron chi connectivity index (χ0n) is 11.1. The quantitative estimate of drug-likeness (QED) is 0.752. The third-order valence-corrected chi connectivity index (χ3v) is 2.94. The second-order valence-corrected chi connectivity index (χ2v) is 4.32. The summed E-state index contributed by atoms with van der Waals surface area (Å²) in [5.41, 5.74) is 5.47. The van der Waals surface area contributed by atoms with Gasteiger partial charge in [-0.1, -0.05) is 25.4 Å². The maximum atomic E-state index is 5.63. The highest BCUT2D eigenvalue weighted by molar-refractivity contribution is 5.25. The van der Waals surface area contributed by atoms with Crippen LogP contribution in [0.25, 0.3) is 0 Å². The molecule has 0 fully saturated rings. The molecule has 1 aromatic heterocycles. The Bertz CT molecular complexity index is 313. The highest BCUT2D eigenvalue weighted by Crippen LogP contribution is 2.17. The van der Waals surface area contributed by atoms with Crippen molar-refractivity contribution in [3.8, 4) is 0 Å². The van der Waals surface area contributed by atoms with E-state index in [9.17, 15) is 0 Å². The van der Waals surface area contributed by atoms with Crippen LogP contribution in [-0.2, 0) is 6.42 Å². The summed E-state index contributed by atoms with van der Waals surface area (Å²) in [5, 5.41) is 8.12. The predicted molar refractivity (Wildman–Crippen MR) is 69.1 cm³/mol. The number of nitrogens with two attached hydrogens (primary N) is 1. The van der Waals surface area contributed by atoms with Gasteiger partial charge < -0.3 is 15.1 Å². The number of nitrogens with zero attached hydrogens (tertiary/aromatic N) is 3. The molecular weight excluding hydrogens is 216 g/mol. The Morgan fingerprint density at radius 2 is 2.12 bits per heavy atom. The van der Waals surface area contributed by atoms with Crippen LogP contribution in [0.5, 0.6) is 0 Å². The Hall–Kier alpha value is -1.10. The monoisotopic (exact) mass is 240 g/mol. The van der Waals surface area contributed by atoms with Crippen molar-refractivity contribution >= 4 is 6.01 Å². The Morgan fingerprint density at radius 1 is 1.35 bits per heavy atom. The Kier molecular flexibility index (Phi) is 5.97. The highest BCUT2D eigenvalue weighted by atomic mass is 16.4. The third-order valence-electron chi connectivity index (χ3n) is 2.94.